The van der Waals surface area contributed by atoms with Gasteiger partial charge in [0.05, 0.1) is 31.1 Å². The van der Waals surface area contributed by atoms with Crippen LogP contribution >= 0.6 is 0 Å². The lowest BCUT2D eigenvalue weighted by molar-refractivity contribution is 0.122. The number of ether oxygens (including phenoxy) is 1. The average molecular weight is 198 g/mol. The van der Waals surface area contributed by atoms with E-state index in [-0.39, 0.29) is 6.04 Å². The molecule has 2 heterocycles. The van der Waals surface area contributed by atoms with Gasteiger partial charge in [0, 0.05) is 19.8 Å². The Morgan fingerprint density at radius 3 is 3.14 bits per heavy atom. The maximum absolute atomic E-state index is 9.44. The Morgan fingerprint density at radius 2 is 2.57 bits per heavy atom. The fourth-order valence-electron chi connectivity index (χ4n) is 1.45. The molecule has 1 aromatic rings. The largest absolute Gasteiger partial charge is 0.389 e. The Balaban J connectivity index is 1.82. The second-order valence-corrected chi connectivity index (χ2v) is 3.48. The summed E-state index contributed by atoms with van der Waals surface area (Å²) in [6, 6.07) is 0.0111. The molecule has 78 valence electrons. The number of hydrogen-bond acceptors (Lipinski definition) is 5. The fourth-order valence-corrected chi connectivity index (χ4v) is 1.45. The van der Waals surface area contributed by atoms with Gasteiger partial charge in [-0.1, -0.05) is 5.21 Å². The van der Waals surface area contributed by atoms with Crippen LogP contribution in [0.5, 0.6) is 0 Å². The molecule has 1 aliphatic heterocycles. The number of aryl methyl sites for hydroxylation is 1. The van der Waals surface area contributed by atoms with Crippen LogP contribution in [0, 0.1) is 0 Å². The Morgan fingerprint density at radius 1 is 1.71 bits per heavy atom. The molecule has 1 fully saturated rings. The lowest BCUT2D eigenvalue weighted by Gasteiger charge is -2.12. The zero-order valence-corrected chi connectivity index (χ0v) is 8.05. The number of nitrogens with zero attached hydrogens (tertiary/aromatic N) is 3. The van der Waals surface area contributed by atoms with Crippen LogP contribution in [-0.2, 0) is 18.3 Å². The van der Waals surface area contributed by atoms with E-state index in [0.29, 0.717) is 19.8 Å². The van der Waals surface area contributed by atoms with Gasteiger partial charge in [-0.15, -0.1) is 5.10 Å². The van der Waals surface area contributed by atoms with Crippen molar-refractivity contribution in [3.05, 3.63) is 11.9 Å². The van der Waals surface area contributed by atoms with Gasteiger partial charge in [-0.3, -0.25) is 4.68 Å². The molecular weight excluding hydrogens is 184 g/mol. The maximum atomic E-state index is 9.44. The third kappa shape index (κ3) is 2.09. The van der Waals surface area contributed by atoms with Gasteiger partial charge in [0.1, 0.15) is 0 Å². The fraction of sp³-hybridized carbons (Fsp3) is 0.750. The molecule has 14 heavy (non-hydrogen) atoms. The second-order valence-electron chi connectivity index (χ2n) is 3.48. The SMILES string of the molecule is Cn1cc(CNC2COCC2O)nn1. The first kappa shape index (κ1) is 9.57. The number of rotatable bonds is 3. The third-order valence-corrected chi connectivity index (χ3v) is 2.25. The first-order valence-corrected chi connectivity index (χ1v) is 4.60. The molecule has 0 saturated carbocycles. The molecule has 2 N–H and O–H groups in total. The van der Waals surface area contributed by atoms with Crippen LogP contribution in [0.2, 0.25) is 0 Å². The van der Waals surface area contributed by atoms with Gasteiger partial charge in [-0.2, -0.15) is 0 Å². The van der Waals surface area contributed by atoms with Crippen molar-refractivity contribution in [2.75, 3.05) is 13.2 Å². The molecule has 2 atom stereocenters. The first-order valence-electron chi connectivity index (χ1n) is 4.60. The summed E-state index contributed by atoms with van der Waals surface area (Å²) >= 11 is 0. The maximum Gasteiger partial charge on any atom is 0.0964 e. The molecule has 6 heteroatoms. The monoisotopic (exact) mass is 198 g/mol. The Kier molecular flexibility index (Phi) is 2.76. The Hall–Kier alpha value is -0.980. The normalized spacial score (nSPS) is 27.0. The van der Waals surface area contributed by atoms with Crippen LogP contribution in [-0.4, -0.2) is 45.5 Å². The molecule has 0 radical (unpaired) electrons. The van der Waals surface area contributed by atoms with Gasteiger partial charge < -0.3 is 15.2 Å². The van der Waals surface area contributed by atoms with E-state index < -0.39 is 6.10 Å². The first-order chi connectivity index (χ1) is 6.75. The molecular formula is C8H14N4O2. The smallest absolute Gasteiger partial charge is 0.0964 e. The van der Waals surface area contributed by atoms with Crippen LogP contribution in [0.25, 0.3) is 0 Å². The summed E-state index contributed by atoms with van der Waals surface area (Å²) in [5, 5.41) is 20.4. The zero-order valence-electron chi connectivity index (χ0n) is 8.05. The Labute approximate surface area is 81.9 Å². The van der Waals surface area contributed by atoms with Crippen LogP contribution in [0.1, 0.15) is 5.69 Å². The minimum atomic E-state index is -0.410. The molecule has 0 aliphatic carbocycles. The summed E-state index contributed by atoms with van der Waals surface area (Å²) in [5.74, 6) is 0. The van der Waals surface area contributed by atoms with Crippen molar-refractivity contribution in [3.63, 3.8) is 0 Å². The lowest BCUT2D eigenvalue weighted by atomic mass is 10.2. The van der Waals surface area contributed by atoms with E-state index in [2.05, 4.69) is 15.6 Å². The van der Waals surface area contributed by atoms with E-state index >= 15 is 0 Å². The lowest BCUT2D eigenvalue weighted by Crippen LogP contribution is -2.38. The third-order valence-electron chi connectivity index (χ3n) is 2.25. The number of nitrogens with one attached hydrogen (secondary N) is 1. The molecule has 0 amide bonds. The molecule has 0 spiro atoms. The second kappa shape index (κ2) is 4.04. The van der Waals surface area contributed by atoms with Crippen molar-refractivity contribution in [3.8, 4) is 0 Å². The predicted molar refractivity (Wildman–Crippen MR) is 48.5 cm³/mol. The van der Waals surface area contributed by atoms with E-state index in [9.17, 15) is 5.11 Å². The van der Waals surface area contributed by atoms with Gasteiger partial charge in [0.25, 0.3) is 0 Å². The van der Waals surface area contributed by atoms with Crippen molar-refractivity contribution >= 4 is 0 Å². The molecule has 6 nitrogen and oxygen atoms in total. The van der Waals surface area contributed by atoms with Crippen molar-refractivity contribution in [2.45, 2.75) is 18.7 Å². The van der Waals surface area contributed by atoms with Gasteiger partial charge in [0.2, 0.25) is 0 Å². The summed E-state index contributed by atoms with van der Waals surface area (Å²) in [5.41, 5.74) is 0.867. The molecule has 2 unspecified atom stereocenters. The van der Waals surface area contributed by atoms with E-state index in [1.165, 1.54) is 0 Å². The molecule has 1 saturated heterocycles. The predicted octanol–water partition coefficient (Wildman–Crippen LogP) is -1.34. The summed E-state index contributed by atoms with van der Waals surface area (Å²) in [6.45, 7) is 1.58. The highest BCUT2D eigenvalue weighted by molar-refractivity contribution is 4.93. The minimum absolute atomic E-state index is 0.0111. The quantitative estimate of drug-likeness (QED) is 0.629. The molecule has 0 bridgehead atoms. The van der Waals surface area contributed by atoms with Crippen LogP contribution < -0.4 is 5.32 Å². The van der Waals surface area contributed by atoms with Crippen LogP contribution in [0.3, 0.4) is 0 Å². The standard InChI is InChI=1S/C8H14N4O2/c1-12-3-6(10-11-12)2-9-7-4-14-5-8(7)13/h3,7-9,13H,2,4-5H2,1H3. The number of aliphatic hydroxyl groups excluding tert-OH is 1. The number of aliphatic hydroxyl groups is 1. The molecule has 2 rings (SSSR count). The molecule has 0 aromatic carbocycles. The van der Waals surface area contributed by atoms with E-state index in [1.807, 2.05) is 13.2 Å². The van der Waals surface area contributed by atoms with Crippen LogP contribution in [0.4, 0.5) is 0 Å². The Bertz CT molecular complexity index is 301. The van der Waals surface area contributed by atoms with Crippen molar-refractivity contribution in [1.82, 2.24) is 20.3 Å². The van der Waals surface area contributed by atoms with E-state index in [4.69, 9.17) is 4.74 Å². The highest BCUT2D eigenvalue weighted by Gasteiger charge is 2.25. The van der Waals surface area contributed by atoms with Crippen molar-refractivity contribution < 1.29 is 9.84 Å². The van der Waals surface area contributed by atoms with Gasteiger partial charge >= 0.3 is 0 Å². The number of aromatic nitrogens is 3. The summed E-state index contributed by atoms with van der Waals surface area (Å²) in [7, 11) is 1.82. The number of hydrogen-bond donors (Lipinski definition) is 2. The average Bonchev–Trinajstić information content (AvgIpc) is 2.72. The molecule has 1 aliphatic rings. The van der Waals surface area contributed by atoms with E-state index in [1.54, 1.807) is 4.68 Å². The van der Waals surface area contributed by atoms with Gasteiger partial charge in [-0.05, 0) is 0 Å². The van der Waals surface area contributed by atoms with E-state index in [0.717, 1.165) is 5.69 Å². The summed E-state index contributed by atoms with van der Waals surface area (Å²) < 4.78 is 6.76. The minimum Gasteiger partial charge on any atom is -0.389 e. The van der Waals surface area contributed by atoms with Gasteiger partial charge in [-0.25, -0.2) is 0 Å². The highest BCUT2D eigenvalue weighted by Crippen LogP contribution is 2.05. The van der Waals surface area contributed by atoms with Crippen molar-refractivity contribution in [2.24, 2.45) is 7.05 Å². The van der Waals surface area contributed by atoms with Crippen molar-refractivity contribution in [1.29, 1.82) is 0 Å². The zero-order chi connectivity index (χ0) is 9.97. The van der Waals surface area contributed by atoms with Gasteiger partial charge in [0.15, 0.2) is 0 Å². The summed E-state index contributed by atoms with van der Waals surface area (Å²) in [4.78, 5) is 0. The van der Waals surface area contributed by atoms with Crippen LogP contribution in [0.15, 0.2) is 6.20 Å². The summed E-state index contributed by atoms with van der Waals surface area (Å²) in [6.07, 6.45) is 1.43. The topological polar surface area (TPSA) is 72.2 Å². The highest BCUT2D eigenvalue weighted by atomic mass is 16.5. The molecule has 1 aromatic heterocycles.